The van der Waals surface area contributed by atoms with Crippen LogP contribution in [0.5, 0.6) is 0 Å². The molecule has 0 amide bonds. The van der Waals surface area contributed by atoms with Crippen LogP contribution >= 0.6 is 0 Å². The van der Waals surface area contributed by atoms with Crippen molar-refractivity contribution in [2.24, 2.45) is 5.41 Å². The first-order chi connectivity index (χ1) is 18.0. The van der Waals surface area contributed by atoms with Gasteiger partial charge in [0.15, 0.2) is 0 Å². The molecule has 2 heterocycles. The zero-order valence-electron chi connectivity index (χ0n) is 21.4. The number of carbonyl (C=O) groups excluding carboxylic acids is 1. The van der Waals surface area contributed by atoms with Gasteiger partial charge in [-0.3, -0.25) is 9.18 Å². The highest BCUT2D eigenvalue weighted by atomic mass is 19.1. The van der Waals surface area contributed by atoms with Gasteiger partial charge in [0, 0.05) is 30.0 Å². The summed E-state index contributed by atoms with van der Waals surface area (Å²) in [7, 11) is 0. The lowest BCUT2D eigenvalue weighted by molar-refractivity contribution is 0.00696. The number of halogens is 3. The Bertz CT molecular complexity index is 1600. The van der Waals surface area contributed by atoms with E-state index in [4.69, 9.17) is 4.74 Å². The average Bonchev–Trinajstić information content (AvgIpc) is 3.55. The van der Waals surface area contributed by atoms with Crippen molar-refractivity contribution in [3.8, 4) is 11.3 Å². The number of nitrogens with one attached hydrogen (secondary N) is 1. The fourth-order valence-electron chi connectivity index (χ4n) is 4.50. The van der Waals surface area contributed by atoms with E-state index in [1.54, 1.807) is 43.5 Å². The normalized spacial score (nSPS) is 14.6. The van der Waals surface area contributed by atoms with Gasteiger partial charge in [0.1, 0.15) is 23.1 Å². The molecule has 4 aromatic rings. The fourth-order valence-corrected chi connectivity index (χ4v) is 4.50. The number of aromatic amines is 1. The van der Waals surface area contributed by atoms with Crippen molar-refractivity contribution >= 4 is 17.0 Å². The largest absolute Gasteiger partial charge is 0.456 e. The highest BCUT2D eigenvalue weighted by Gasteiger charge is 2.44. The van der Waals surface area contributed by atoms with Crippen LogP contribution in [0.1, 0.15) is 55.4 Å². The van der Waals surface area contributed by atoms with E-state index < -0.39 is 40.9 Å². The summed E-state index contributed by atoms with van der Waals surface area (Å²) in [6, 6.07) is 11.3. The molecular weight excluding hydrogens is 495 g/mol. The minimum Gasteiger partial charge on any atom is -0.456 e. The van der Waals surface area contributed by atoms with Crippen molar-refractivity contribution in [3.63, 3.8) is 0 Å². The smallest absolute Gasteiger partial charge is 0.338 e. The van der Waals surface area contributed by atoms with E-state index in [0.717, 1.165) is 12.1 Å². The van der Waals surface area contributed by atoms with Gasteiger partial charge in [-0.25, -0.2) is 18.6 Å². The number of pyridine rings is 1. The molecule has 1 N–H and O–H groups in total. The van der Waals surface area contributed by atoms with Gasteiger partial charge < -0.3 is 14.3 Å². The number of hydrogen-bond donors (Lipinski definition) is 1. The molecule has 198 valence electrons. The summed E-state index contributed by atoms with van der Waals surface area (Å²) in [5.74, 6) is -1.42. The Kier molecular flexibility index (Phi) is 6.41. The molecule has 0 atom stereocenters. The van der Waals surface area contributed by atoms with E-state index in [1.807, 2.05) is 0 Å². The molecule has 6 nitrogen and oxygen atoms in total. The predicted octanol–water partition coefficient (Wildman–Crippen LogP) is 5.97. The maximum atomic E-state index is 15.2. The van der Waals surface area contributed by atoms with E-state index >= 15 is 8.78 Å². The SMILES string of the molecule is CC(C)(C)OC(=O)c1ccc2nc(Cc3cc(F)c(-c4cccc(=O)[nH]4)cc3F)n(CC3(CF)CC3)c2c1. The number of fused-ring (bicyclic) bond motifs is 1. The van der Waals surface area contributed by atoms with Gasteiger partial charge in [-0.2, -0.15) is 0 Å². The number of imidazole rings is 1. The molecule has 0 saturated heterocycles. The standard InChI is InChI=1S/C29H28F3N3O3/c1-28(2,3)38-27(37)17-7-8-23-24(12-17)35(16-29(15-30)9-10-29)25(33-23)13-18-11-21(32)19(14-20(18)31)22-5-4-6-26(36)34-22/h4-8,11-12,14H,9-10,13,15-16H2,1-3H3,(H,34,36). The van der Waals surface area contributed by atoms with E-state index in [9.17, 15) is 14.0 Å². The van der Waals surface area contributed by atoms with Crippen LogP contribution in [0.2, 0.25) is 0 Å². The van der Waals surface area contributed by atoms with E-state index in [2.05, 4.69) is 9.97 Å². The summed E-state index contributed by atoms with van der Waals surface area (Å²) in [6.45, 7) is 5.13. The second-order valence-corrected chi connectivity index (χ2v) is 11.0. The lowest BCUT2D eigenvalue weighted by Crippen LogP contribution is -2.24. The number of nitrogens with zero attached hydrogens (tertiary/aromatic N) is 2. The third-order valence-corrected chi connectivity index (χ3v) is 6.74. The number of aromatic nitrogens is 3. The molecule has 0 unspecified atom stereocenters. The quantitative estimate of drug-likeness (QED) is 0.303. The molecular formula is C29H28F3N3O3. The lowest BCUT2D eigenvalue weighted by atomic mass is 10.0. The maximum Gasteiger partial charge on any atom is 0.338 e. The number of H-pyrrole nitrogens is 1. The first-order valence-electron chi connectivity index (χ1n) is 12.4. The Balaban J connectivity index is 1.55. The molecule has 0 spiro atoms. The molecule has 5 rings (SSSR count). The first-order valence-corrected chi connectivity index (χ1v) is 12.4. The van der Waals surface area contributed by atoms with Crippen LogP contribution in [-0.4, -0.2) is 32.8 Å². The van der Waals surface area contributed by atoms with Gasteiger partial charge in [-0.1, -0.05) is 6.07 Å². The summed E-state index contributed by atoms with van der Waals surface area (Å²) in [5, 5.41) is 0. The maximum absolute atomic E-state index is 15.2. The van der Waals surface area contributed by atoms with Crippen LogP contribution in [0, 0.1) is 17.0 Å². The zero-order chi connectivity index (χ0) is 27.2. The molecule has 1 saturated carbocycles. The third kappa shape index (κ3) is 5.23. The van der Waals surface area contributed by atoms with Gasteiger partial charge in [0.05, 0.1) is 29.0 Å². The molecule has 1 aliphatic carbocycles. The molecule has 1 aliphatic rings. The topological polar surface area (TPSA) is 77.0 Å². The fraction of sp³-hybridized carbons (Fsp3) is 0.345. The second kappa shape index (κ2) is 9.45. The Hall–Kier alpha value is -3.88. The number of alkyl halides is 1. The Labute approximate surface area is 217 Å². The number of hydrogen-bond acceptors (Lipinski definition) is 4. The molecule has 0 bridgehead atoms. The van der Waals surface area contributed by atoms with Crippen LogP contribution in [0.4, 0.5) is 13.2 Å². The van der Waals surface area contributed by atoms with Crippen molar-refractivity contribution in [1.82, 2.24) is 14.5 Å². The summed E-state index contributed by atoms with van der Waals surface area (Å²) < 4.78 is 51.4. The van der Waals surface area contributed by atoms with Gasteiger partial charge in [-0.15, -0.1) is 0 Å². The molecule has 1 fully saturated rings. The van der Waals surface area contributed by atoms with Crippen LogP contribution in [0.15, 0.2) is 53.3 Å². The first kappa shape index (κ1) is 25.8. The minimum atomic E-state index is -0.694. The number of carbonyl (C=O) groups is 1. The molecule has 2 aromatic carbocycles. The van der Waals surface area contributed by atoms with Crippen LogP contribution in [-0.2, 0) is 17.7 Å². The lowest BCUT2D eigenvalue weighted by Gasteiger charge is -2.19. The van der Waals surface area contributed by atoms with E-state index in [-0.39, 0.29) is 23.2 Å². The Morgan fingerprint density at radius 3 is 2.53 bits per heavy atom. The van der Waals surface area contributed by atoms with Crippen molar-refractivity contribution < 1.29 is 22.7 Å². The van der Waals surface area contributed by atoms with Crippen molar-refractivity contribution in [2.45, 2.75) is 52.2 Å². The average molecular weight is 524 g/mol. The van der Waals surface area contributed by atoms with E-state index in [1.165, 1.54) is 18.2 Å². The monoisotopic (exact) mass is 523 g/mol. The summed E-state index contributed by atoms with van der Waals surface area (Å²) in [4.78, 5) is 31.5. The van der Waals surface area contributed by atoms with Crippen LogP contribution in [0.3, 0.4) is 0 Å². The number of esters is 1. The van der Waals surface area contributed by atoms with Gasteiger partial charge in [0.2, 0.25) is 5.56 Å². The Morgan fingerprint density at radius 2 is 1.87 bits per heavy atom. The number of benzene rings is 2. The second-order valence-electron chi connectivity index (χ2n) is 11.0. The molecule has 2 aromatic heterocycles. The Morgan fingerprint density at radius 1 is 1.11 bits per heavy atom. The molecule has 0 aliphatic heterocycles. The van der Waals surface area contributed by atoms with Gasteiger partial charge in [-0.05, 0) is 75.6 Å². The van der Waals surface area contributed by atoms with Gasteiger partial charge >= 0.3 is 5.97 Å². The van der Waals surface area contributed by atoms with Gasteiger partial charge in [0.25, 0.3) is 0 Å². The molecule has 38 heavy (non-hydrogen) atoms. The van der Waals surface area contributed by atoms with Crippen molar-refractivity contribution in [3.05, 3.63) is 87.5 Å². The summed E-state index contributed by atoms with van der Waals surface area (Å²) in [6.07, 6.45) is 1.37. The highest BCUT2D eigenvalue weighted by Crippen LogP contribution is 2.48. The summed E-state index contributed by atoms with van der Waals surface area (Å²) in [5.41, 5.74) is 0.0231. The van der Waals surface area contributed by atoms with Crippen LogP contribution < -0.4 is 5.56 Å². The van der Waals surface area contributed by atoms with E-state index in [0.29, 0.717) is 41.8 Å². The summed E-state index contributed by atoms with van der Waals surface area (Å²) >= 11 is 0. The zero-order valence-corrected chi connectivity index (χ0v) is 21.4. The predicted molar refractivity (Wildman–Crippen MR) is 138 cm³/mol. The van der Waals surface area contributed by atoms with Crippen molar-refractivity contribution in [1.29, 1.82) is 0 Å². The number of rotatable bonds is 7. The molecule has 9 heteroatoms. The minimum absolute atomic E-state index is 0.0485. The molecule has 0 radical (unpaired) electrons. The number of ether oxygens (including phenoxy) is 1. The van der Waals surface area contributed by atoms with Crippen molar-refractivity contribution in [2.75, 3.05) is 6.67 Å². The third-order valence-electron chi connectivity index (χ3n) is 6.74. The highest BCUT2D eigenvalue weighted by molar-refractivity contribution is 5.94. The van der Waals surface area contributed by atoms with Crippen LogP contribution in [0.25, 0.3) is 22.3 Å².